The molecule has 0 amide bonds. The second kappa shape index (κ2) is 8.10. The molecule has 0 saturated heterocycles. The second-order valence-corrected chi connectivity index (χ2v) is 6.50. The number of benzene rings is 2. The second-order valence-electron chi connectivity index (χ2n) is 6.50. The molecule has 120 valence electrons. The largest absolute Gasteiger partial charge is 0.248 e. The third-order valence-corrected chi connectivity index (χ3v) is 4.73. The first-order valence-corrected chi connectivity index (χ1v) is 9.16. The Morgan fingerprint density at radius 1 is 0.652 bits per heavy atom. The number of aryl methyl sites for hydroxylation is 1. The Morgan fingerprint density at radius 3 is 1.78 bits per heavy atom. The first kappa shape index (κ1) is 16.0. The Kier molecular flexibility index (Phi) is 5.63. The van der Waals surface area contributed by atoms with E-state index in [9.17, 15) is 0 Å². The molecule has 3 aromatic rings. The minimum atomic E-state index is 1.13. The van der Waals surface area contributed by atoms with Crippen molar-refractivity contribution in [3.8, 4) is 0 Å². The first-order chi connectivity index (χ1) is 11.4. The van der Waals surface area contributed by atoms with Crippen molar-refractivity contribution in [2.45, 2.75) is 58.3 Å². The van der Waals surface area contributed by atoms with Crippen LogP contribution in [0.2, 0.25) is 0 Å². The highest BCUT2D eigenvalue weighted by Crippen LogP contribution is 2.27. The van der Waals surface area contributed by atoms with Crippen LogP contribution in [0.1, 0.15) is 57.4 Å². The third kappa shape index (κ3) is 3.90. The number of para-hydroxylation sites is 2. The molecule has 1 heterocycles. The van der Waals surface area contributed by atoms with E-state index in [0.717, 1.165) is 17.5 Å². The lowest BCUT2D eigenvalue weighted by Crippen LogP contribution is -1.93. The summed E-state index contributed by atoms with van der Waals surface area (Å²) in [5.41, 5.74) is 3.74. The molecule has 0 saturated carbocycles. The average Bonchev–Trinajstić information content (AvgIpc) is 2.60. The first-order valence-electron chi connectivity index (χ1n) is 9.16. The van der Waals surface area contributed by atoms with Gasteiger partial charge in [0.25, 0.3) is 0 Å². The van der Waals surface area contributed by atoms with Crippen LogP contribution in [0.25, 0.3) is 21.8 Å². The van der Waals surface area contributed by atoms with Crippen LogP contribution < -0.4 is 0 Å². The lowest BCUT2D eigenvalue weighted by molar-refractivity contribution is 0.590. The molecule has 0 aliphatic heterocycles. The van der Waals surface area contributed by atoms with Gasteiger partial charge in [-0.1, -0.05) is 81.8 Å². The Morgan fingerprint density at radius 2 is 1.17 bits per heavy atom. The maximum atomic E-state index is 4.82. The Labute approximate surface area is 139 Å². The number of hydrogen-bond donors (Lipinski definition) is 0. The lowest BCUT2D eigenvalue weighted by Gasteiger charge is -2.11. The normalized spacial score (nSPS) is 11.3. The van der Waals surface area contributed by atoms with Crippen LogP contribution in [0.3, 0.4) is 0 Å². The summed E-state index contributed by atoms with van der Waals surface area (Å²) in [5.74, 6) is 0. The molecule has 0 fully saturated rings. The van der Waals surface area contributed by atoms with Crippen LogP contribution in [-0.2, 0) is 6.42 Å². The standard InChI is InChI=1S/C22H27N/c1-2-3-4-5-6-7-8-13-18-19-14-9-11-16-21(19)23-22-17-12-10-15-20(18)22/h9-12,14-17H,2-8,13H2,1H3. The summed E-state index contributed by atoms with van der Waals surface area (Å²) in [4.78, 5) is 4.82. The van der Waals surface area contributed by atoms with Gasteiger partial charge in [-0.05, 0) is 30.5 Å². The minimum Gasteiger partial charge on any atom is -0.248 e. The van der Waals surface area contributed by atoms with Crippen molar-refractivity contribution >= 4 is 21.8 Å². The molecule has 0 atom stereocenters. The van der Waals surface area contributed by atoms with Gasteiger partial charge < -0.3 is 0 Å². The number of unbranched alkanes of at least 4 members (excludes halogenated alkanes) is 6. The highest BCUT2D eigenvalue weighted by atomic mass is 14.7. The van der Waals surface area contributed by atoms with Gasteiger partial charge in [-0.15, -0.1) is 0 Å². The van der Waals surface area contributed by atoms with Gasteiger partial charge in [0, 0.05) is 10.8 Å². The van der Waals surface area contributed by atoms with Gasteiger partial charge in [0.2, 0.25) is 0 Å². The SMILES string of the molecule is CCCCCCCCCc1c2ccccc2nc2ccccc12. The fraction of sp³-hybridized carbons (Fsp3) is 0.409. The molecule has 3 rings (SSSR count). The summed E-state index contributed by atoms with van der Waals surface area (Å²) in [6.45, 7) is 2.28. The monoisotopic (exact) mass is 305 g/mol. The Balaban J connectivity index is 1.75. The number of rotatable bonds is 8. The minimum absolute atomic E-state index is 1.13. The van der Waals surface area contributed by atoms with Crippen LogP contribution in [0.5, 0.6) is 0 Å². The van der Waals surface area contributed by atoms with E-state index < -0.39 is 0 Å². The zero-order chi connectivity index (χ0) is 15.9. The van der Waals surface area contributed by atoms with Crippen molar-refractivity contribution in [1.82, 2.24) is 4.98 Å². The van der Waals surface area contributed by atoms with E-state index in [0.29, 0.717) is 0 Å². The van der Waals surface area contributed by atoms with Crippen molar-refractivity contribution in [2.75, 3.05) is 0 Å². The Bertz CT molecular complexity index is 706. The van der Waals surface area contributed by atoms with Crippen molar-refractivity contribution in [2.24, 2.45) is 0 Å². The molecule has 0 aliphatic rings. The molecule has 1 aromatic heterocycles. The number of nitrogens with zero attached hydrogens (tertiary/aromatic N) is 1. The molecule has 1 heteroatoms. The van der Waals surface area contributed by atoms with Crippen LogP contribution >= 0.6 is 0 Å². The molecule has 2 aromatic carbocycles. The van der Waals surface area contributed by atoms with Gasteiger partial charge in [0.15, 0.2) is 0 Å². The molecule has 0 radical (unpaired) electrons. The van der Waals surface area contributed by atoms with Crippen LogP contribution in [-0.4, -0.2) is 4.98 Å². The highest BCUT2D eigenvalue weighted by Gasteiger charge is 2.08. The molecule has 0 bridgehead atoms. The molecule has 0 aliphatic carbocycles. The number of pyridine rings is 1. The third-order valence-electron chi connectivity index (χ3n) is 4.73. The van der Waals surface area contributed by atoms with Gasteiger partial charge in [0.05, 0.1) is 11.0 Å². The molecule has 23 heavy (non-hydrogen) atoms. The zero-order valence-electron chi connectivity index (χ0n) is 14.2. The van der Waals surface area contributed by atoms with Gasteiger partial charge >= 0.3 is 0 Å². The summed E-state index contributed by atoms with van der Waals surface area (Å²) in [5, 5.41) is 2.66. The van der Waals surface area contributed by atoms with Crippen LogP contribution in [0.15, 0.2) is 48.5 Å². The van der Waals surface area contributed by atoms with Crippen molar-refractivity contribution in [3.63, 3.8) is 0 Å². The van der Waals surface area contributed by atoms with E-state index >= 15 is 0 Å². The van der Waals surface area contributed by atoms with Gasteiger partial charge in [-0.25, -0.2) is 4.98 Å². The summed E-state index contributed by atoms with van der Waals surface area (Å²) in [6.07, 6.45) is 10.7. The van der Waals surface area contributed by atoms with Crippen LogP contribution in [0.4, 0.5) is 0 Å². The maximum Gasteiger partial charge on any atom is 0.0712 e. The van der Waals surface area contributed by atoms with E-state index in [1.165, 1.54) is 61.3 Å². The fourth-order valence-corrected chi connectivity index (χ4v) is 3.46. The van der Waals surface area contributed by atoms with Crippen molar-refractivity contribution in [1.29, 1.82) is 0 Å². The predicted molar refractivity (Wildman–Crippen MR) is 101 cm³/mol. The Hall–Kier alpha value is -1.89. The fourth-order valence-electron chi connectivity index (χ4n) is 3.46. The van der Waals surface area contributed by atoms with Crippen LogP contribution in [0, 0.1) is 0 Å². The summed E-state index contributed by atoms with van der Waals surface area (Å²) < 4.78 is 0. The number of aromatic nitrogens is 1. The van der Waals surface area contributed by atoms with Crippen molar-refractivity contribution < 1.29 is 0 Å². The summed E-state index contributed by atoms with van der Waals surface area (Å²) in [6, 6.07) is 17.2. The van der Waals surface area contributed by atoms with E-state index in [1.54, 1.807) is 0 Å². The van der Waals surface area contributed by atoms with E-state index in [-0.39, 0.29) is 0 Å². The molecule has 0 spiro atoms. The molecular formula is C22H27N. The average molecular weight is 305 g/mol. The lowest BCUT2D eigenvalue weighted by atomic mass is 9.97. The molecule has 0 unspecified atom stereocenters. The van der Waals surface area contributed by atoms with Gasteiger partial charge in [0.1, 0.15) is 0 Å². The van der Waals surface area contributed by atoms with E-state index in [1.807, 2.05) is 0 Å². The van der Waals surface area contributed by atoms with E-state index in [2.05, 4.69) is 55.5 Å². The molecule has 0 N–H and O–H groups in total. The quantitative estimate of drug-likeness (QED) is 0.334. The smallest absolute Gasteiger partial charge is 0.0712 e. The molecule has 1 nitrogen and oxygen atoms in total. The predicted octanol–water partition coefficient (Wildman–Crippen LogP) is 6.68. The topological polar surface area (TPSA) is 12.9 Å². The number of hydrogen-bond acceptors (Lipinski definition) is 1. The highest BCUT2D eigenvalue weighted by molar-refractivity contribution is 5.97. The maximum absolute atomic E-state index is 4.82. The number of fused-ring (bicyclic) bond motifs is 2. The summed E-state index contributed by atoms with van der Waals surface area (Å²) >= 11 is 0. The van der Waals surface area contributed by atoms with Crippen molar-refractivity contribution in [3.05, 3.63) is 54.1 Å². The summed E-state index contributed by atoms with van der Waals surface area (Å²) in [7, 11) is 0. The van der Waals surface area contributed by atoms with E-state index in [4.69, 9.17) is 4.98 Å². The molecular weight excluding hydrogens is 278 g/mol. The zero-order valence-corrected chi connectivity index (χ0v) is 14.2. The van der Waals surface area contributed by atoms with Gasteiger partial charge in [-0.3, -0.25) is 0 Å². The van der Waals surface area contributed by atoms with Gasteiger partial charge in [-0.2, -0.15) is 0 Å².